The van der Waals surface area contributed by atoms with E-state index in [9.17, 15) is 9.59 Å². The van der Waals surface area contributed by atoms with Gasteiger partial charge in [-0.15, -0.1) is 0 Å². The molecular formula is C20H29N5O3. The number of para-hydroxylation sites is 1. The van der Waals surface area contributed by atoms with Gasteiger partial charge in [-0.05, 0) is 32.4 Å². The highest BCUT2D eigenvalue weighted by molar-refractivity contribution is 5.88. The summed E-state index contributed by atoms with van der Waals surface area (Å²) >= 11 is 0. The summed E-state index contributed by atoms with van der Waals surface area (Å²) < 4.78 is 7.38. The molecule has 0 unspecified atom stereocenters. The van der Waals surface area contributed by atoms with E-state index in [-0.39, 0.29) is 11.9 Å². The molecule has 8 heteroatoms. The third-order valence-corrected chi connectivity index (χ3v) is 4.58. The molecule has 0 radical (unpaired) electrons. The molecule has 3 rings (SSSR count). The fourth-order valence-electron chi connectivity index (χ4n) is 3.33. The van der Waals surface area contributed by atoms with E-state index >= 15 is 0 Å². The summed E-state index contributed by atoms with van der Waals surface area (Å²) in [7, 11) is 1.97. The van der Waals surface area contributed by atoms with Crippen LogP contribution in [-0.4, -0.2) is 47.3 Å². The van der Waals surface area contributed by atoms with E-state index in [1.165, 1.54) is 0 Å². The molecule has 152 valence electrons. The molecule has 1 aliphatic rings. The van der Waals surface area contributed by atoms with Crippen LogP contribution in [0.3, 0.4) is 0 Å². The number of hydrogen-bond donors (Lipinski definition) is 4. The molecule has 1 aliphatic heterocycles. The highest BCUT2D eigenvalue weighted by Gasteiger charge is 2.28. The second kappa shape index (κ2) is 8.20. The van der Waals surface area contributed by atoms with Crippen LogP contribution in [0.25, 0.3) is 10.9 Å². The van der Waals surface area contributed by atoms with E-state index in [1.54, 1.807) is 20.8 Å². The van der Waals surface area contributed by atoms with Crippen molar-refractivity contribution in [2.75, 3.05) is 13.1 Å². The molecule has 0 bridgehead atoms. The van der Waals surface area contributed by atoms with Crippen LogP contribution in [-0.2, 0) is 23.0 Å². The number of aryl methyl sites for hydroxylation is 1. The van der Waals surface area contributed by atoms with Crippen molar-refractivity contribution in [2.24, 2.45) is 7.05 Å². The van der Waals surface area contributed by atoms with E-state index in [2.05, 4.69) is 21.5 Å². The number of carbonyl (C=O) groups is 2. The first-order valence-electron chi connectivity index (χ1n) is 9.51. The maximum atomic E-state index is 12.9. The second-order valence-electron chi connectivity index (χ2n) is 8.15. The van der Waals surface area contributed by atoms with Gasteiger partial charge in [-0.1, -0.05) is 18.2 Å². The molecule has 0 saturated carbocycles. The normalized spacial score (nSPS) is 16.1. The van der Waals surface area contributed by atoms with Crippen LogP contribution in [0.4, 0.5) is 4.79 Å². The molecule has 0 aliphatic carbocycles. The van der Waals surface area contributed by atoms with Crippen LogP contribution in [0.2, 0.25) is 0 Å². The number of hydrazine groups is 1. The second-order valence-corrected chi connectivity index (χ2v) is 8.15. The number of rotatable bonds is 5. The standard InChI is InChI=1S/C20H29N5O3/c1-20(2,3)28-19(27)24-16(18(26)23-14-10-21-22-11-14)9-13-12-25(4)17-8-6-5-7-15(13)17/h5-8,12,14,16,21-22H,9-11H2,1-4H3,(H,23,26)(H,24,27)/t16-/m1/s1. The van der Waals surface area contributed by atoms with Gasteiger partial charge in [-0.25, -0.2) is 4.79 Å². The predicted molar refractivity (Wildman–Crippen MR) is 108 cm³/mol. The van der Waals surface area contributed by atoms with Crippen molar-refractivity contribution in [2.45, 2.75) is 44.9 Å². The Labute approximate surface area is 165 Å². The number of nitrogens with zero attached hydrogens (tertiary/aromatic N) is 1. The summed E-state index contributed by atoms with van der Waals surface area (Å²) in [4.78, 5) is 25.2. The number of ether oxygens (including phenoxy) is 1. The van der Waals surface area contributed by atoms with Crippen molar-refractivity contribution >= 4 is 22.9 Å². The molecule has 2 aromatic rings. The Hall–Kier alpha value is -2.58. The average Bonchev–Trinajstić information content (AvgIpc) is 3.21. The van der Waals surface area contributed by atoms with Gasteiger partial charge >= 0.3 is 6.09 Å². The SMILES string of the molecule is Cn1cc(C[C@@H](NC(=O)OC(C)(C)C)C(=O)NC2CNNC2)c2ccccc21. The average molecular weight is 387 g/mol. The largest absolute Gasteiger partial charge is 0.444 e. The smallest absolute Gasteiger partial charge is 0.408 e. The minimum atomic E-state index is -0.735. The molecule has 1 atom stereocenters. The number of alkyl carbamates (subject to hydrolysis) is 1. The first kappa shape index (κ1) is 20.2. The number of hydrogen-bond acceptors (Lipinski definition) is 5. The Bertz CT molecular complexity index is 849. The molecule has 2 heterocycles. The summed E-state index contributed by atoms with van der Waals surface area (Å²) in [6, 6.07) is 7.25. The maximum absolute atomic E-state index is 12.9. The number of amides is 2. The minimum Gasteiger partial charge on any atom is -0.444 e. The van der Waals surface area contributed by atoms with E-state index in [4.69, 9.17) is 4.74 Å². The van der Waals surface area contributed by atoms with Crippen molar-refractivity contribution in [3.05, 3.63) is 36.0 Å². The maximum Gasteiger partial charge on any atom is 0.408 e. The lowest BCUT2D eigenvalue weighted by Crippen LogP contribution is -2.52. The van der Waals surface area contributed by atoms with Gasteiger partial charge in [0.1, 0.15) is 11.6 Å². The number of carbonyl (C=O) groups excluding carboxylic acids is 2. The zero-order valence-electron chi connectivity index (χ0n) is 16.8. The Kier molecular flexibility index (Phi) is 5.90. The van der Waals surface area contributed by atoms with Gasteiger partial charge in [-0.2, -0.15) is 0 Å². The van der Waals surface area contributed by atoms with E-state index in [0.29, 0.717) is 19.5 Å². The van der Waals surface area contributed by atoms with Gasteiger partial charge in [0, 0.05) is 43.7 Å². The van der Waals surface area contributed by atoms with Crippen LogP contribution in [0.5, 0.6) is 0 Å². The quantitative estimate of drug-likeness (QED) is 0.618. The van der Waals surface area contributed by atoms with Crippen LogP contribution < -0.4 is 21.5 Å². The van der Waals surface area contributed by atoms with Crippen LogP contribution in [0.1, 0.15) is 26.3 Å². The minimum absolute atomic E-state index is 0.0250. The molecule has 28 heavy (non-hydrogen) atoms. The predicted octanol–water partition coefficient (Wildman–Crippen LogP) is 1.21. The van der Waals surface area contributed by atoms with Crippen molar-refractivity contribution in [3.63, 3.8) is 0 Å². The van der Waals surface area contributed by atoms with Crippen LogP contribution >= 0.6 is 0 Å². The third kappa shape index (κ3) is 5.02. The van der Waals surface area contributed by atoms with Crippen molar-refractivity contribution < 1.29 is 14.3 Å². The zero-order valence-corrected chi connectivity index (χ0v) is 16.8. The molecule has 1 saturated heterocycles. The van der Waals surface area contributed by atoms with Gasteiger partial charge in [0.2, 0.25) is 5.91 Å². The van der Waals surface area contributed by atoms with Gasteiger partial charge in [0.15, 0.2) is 0 Å². The summed E-state index contributed by atoms with van der Waals surface area (Å²) in [5, 5.41) is 6.80. The fourth-order valence-corrected chi connectivity index (χ4v) is 3.33. The number of nitrogens with one attached hydrogen (secondary N) is 4. The Morgan fingerprint density at radius 1 is 1.25 bits per heavy atom. The van der Waals surface area contributed by atoms with E-state index < -0.39 is 17.7 Å². The molecule has 8 nitrogen and oxygen atoms in total. The molecule has 1 fully saturated rings. The number of fused-ring (bicyclic) bond motifs is 1. The molecule has 1 aromatic carbocycles. The molecular weight excluding hydrogens is 358 g/mol. The van der Waals surface area contributed by atoms with Crippen molar-refractivity contribution in [3.8, 4) is 0 Å². The Morgan fingerprint density at radius 2 is 1.93 bits per heavy atom. The van der Waals surface area contributed by atoms with E-state index in [0.717, 1.165) is 16.5 Å². The van der Waals surface area contributed by atoms with Gasteiger partial charge in [-0.3, -0.25) is 15.6 Å². The lowest BCUT2D eigenvalue weighted by Gasteiger charge is -2.24. The number of aromatic nitrogens is 1. The summed E-state index contributed by atoms with van der Waals surface area (Å²) in [5.74, 6) is -0.228. The van der Waals surface area contributed by atoms with Gasteiger partial charge < -0.3 is 19.9 Å². The Balaban J connectivity index is 1.79. The van der Waals surface area contributed by atoms with Gasteiger partial charge in [0.25, 0.3) is 0 Å². The van der Waals surface area contributed by atoms with Crippen molar-refractivity contribution in [1.82, 2.24) is 26.1 Å². The van der Waals surface area contributed by atoms with Crippen molar-refractivity contribution in [1.29, 1.82) is 0 Å². The molecule has 0 spiro atoms. The van der Waals surface area contributed by atoms with E-state index in [1.807, 2.05) is 42.1 Å². The first-order chi connectivity index (χ1) is 13.2. The third-order valence-electron chi connectivity index (χ3n) is 4.58. The molecule has 4 N–H and O–H groups in total. The summed E-state index contributed by atoms with van der Waals surface area (Å²) in [6.45, 7) is 6.66. The lowest BCUT2D eigenvalue weighted by atomic mass is 10.0. The summed E-state index contributed by atoms with van der Waals surface area (Å²) in [5.41, 5.74) is 7.41. The lowest BCUT2D eigenvalue weighted by molar-refractivity contribution is -0.123. The monoisotopic (exact) mass is 387 g/mol. The summed E-state index contributed by atoms with van der Waals surface area (Å²) in [6.07, 6.45) is 1.77. The fraction of sp³-hybridized carbons (Fsp3) is 0.500. The number of benzene rings is 1. The Morgan fingerprint density at radius 3 is 2.61 bits per heavy atom. The topological polar surface area (TPSA) is 96.4 Å². The highest BCUT2D eigenvalue weighted by atomic mass is 16.6. The molecule has 2 amide bonds. The van der Waals surface area contributed by atoms with Crippen LogP contribution in [0.15, 0.2) is 30.5 Å². The molecule has 1 aromatic heterocycles. The van der Waals surface area contributed by atoms with Gasteiger partial charge in [0.05, 0.1) is 6.04 Å². The zero-order chi connectivity index (χ0) is 20.3. The van der Waals surface area contributed by atoms with Crippen LogP contribution in [0, 0.1) is 0 Å². The highest BCUT2D eigenvalue weighted by Crippen LogP contribution is 2.22. The first-order valence-corrected chi connectivity index (χ1v) is 9.51.